The third-order valence-corrected chi connectivity index (χ3v) is 2.69. The van der Waals surface area contributed by atoms with Crippen molar-refractivity contribution in [1.82, 2.24) is 0 Å². The molecule has 2 aromatic carbocycles. The summed E-state index contributed by atoms with van der Waals surface area (Å²) in [5.74, 6) is -0.405. The average molecular weight is 323 g/mol. The van der Waals surface area contributed by atoms with E-state index in [2.05, 4.69) is 10.1 Å². The molecule has 23 heavy (non-hydrogen) atoms. The van der Waals surface area contributed by atoms with Gasteiger partial charge in [0.05, 0.1) is 16.6 Å². The van der Waals surface area contributed by atoms with Crippen molar-refractivity contribution in [1.29, 1.82) is 5.26 Å². The van der Waals surface area contributed by atoms with Gasteiger partial charge in [-0.15, -0.1) is 13.2 Å². The van der Waals surface area contributed by atoms with Crippen LogP contribution in [0.2, 0.25) is 0 Å². The molecule has 0 aromatic heterocycles. The highest BCUT2D eigenvalue weighted by molar-refractivity contribution is 5.71. The van der Waals surface area contributed by atoms with E-state index >= 15 is 0 Å². The minimum atomic E-state index is -4.79. The van der Waals surface area contributed by atoms with E-state index in [0.717, 1.165) is 18.2 Å². The second kappa shape index (κ2) is 6.23. The smallest absolute Gasteiger partial charge is 0.406 e. The number of halogens is 3. The third kappa shape index (κ3) is 4.34. The fourth-order valence-corrected chi connectivity index (χ4v) is 1.75. The van der Waals surface area contributed by atoms with Crippen molar-refractivity contribution >= 4 is 17.1 Å². The first kappa shape index (κ1) is 16.1. The number of alkyl halides is 3. The monoisotopic (exact) mass is 323 g/mol. The summed E-state index contributed by atoms with van der Waals surface area (Å²) in [7, 11) is 0. The first-order valence-corrected chi connectivity index (χ1v) is 6.10. The molecular weight excluding hydrogens is 315 g/mol. The first-order chi connectivity index (χ1) is 10.8. The fourth-order valence-electron chi connectivity index (χ4n) is 1.75. The van der Waals surface area contributed by atoms with Gasteiger partial charge in [0.1, 0.15) is 11.4 Å². The maximum Gasteiger partial charge on any atom is 0.573 e. The van der Waals surface area contributed by atoms with E-state index in [1.54, 1.807) is 6.07 Å². The van der Waals surface area contributed by atoms with E-state index < -0.39 is 17.0 Å². The minimum Gasteiger partial charge on any atom is -0.406 e. The molecule has 0 unspecified atom stereocenters. The largest absolute Gasteiger partial charge is 0.573 e. The van der Waals surface area contributed by atoms with Crippen molar-refractivity contribution in [3.8, 4) is 11.8 Å². The predicted octanol–water partition coefficient (Wildman–Crippen LogP) is 4.11. The lowest BCUT2D eigenvalue weighted by Gasteiger charge is -2.10. The number of nitro benzene ring substituents is 1. The van der Waals surface area contributed by atoms with Crippen molar-refractivity contribution in [2.45, 2.75) is 6.36 Å². The Morgan fingerprint density at radius 1 is 1.17 bits per heavy atom. The Bertz CT molecular complexity index is 768. The minimum absolute atomic E-state index is 0.110. The van der Waals surface area contributed by atoms with Crippen molar-refractivity contribution in [3.63, 3.8) is 0 Å². The lowest BCUT2D eigenvalue weighted by molar-refractivity contribution is -0.383. The molecule has 2 rings (SSSR count). The van der Waals surface area contributed by atoms with Gasteiger partial charge in [0.15, 0.2) is 0 Å². The Balaban J connectivity index is 2.23. The van der Waals surface area contributed by atoms with Crippen LogP contribution >= 0.6 is 0 Å². The number of nitrogens with one attached hydrogen (secondary N) is 1. The van der Waals surface area contributed by atoms with Crippen LogP contribution in [0.5, 0.6) is 5.75 Å². The summed E-state index contributed by atoms with van der Waals surface area (Å²) in [4.78, 5) is 10.3. The van der Waals surface area contributed by atoms with E-state index in [1.165, 1.54) is 24.3 Å². The number of rotatable bonds is 4. The Morgan fingerprint density at radius 2 is 1.83 bits per heavy atom. The van der Waals surface area contributed by atoms with Crippen LogP contribution in [0.15, 0.2) is 42.5 Å². The summed E-state index contributed by atoms with van der Waals surface area (Å²) >= 11 is 0. The lowest BCUT2D eigenvalue weighted by Crippen LogP contribution is -2.16. The molecule has 0 heterocycles. The summed E-state index contributed by atoms with van der Waals surface area (Å²) < 4.78 is 39.9. The molecule has 0 saturated carbocycles. The molecular formula is C14H8F3N3O3. The van der Waals surface area contributed by atoms with E-state index in [1.807, 2.05) is 0 Å². The van der Waals surface area contributed by atoms with Crippen LogP contribution in [0.25, 0.3) is 0 Å². The second-order valence-electron chi connectivity index (χ2n) is 4.30. The molecule has 1 N–H and O–H groups in total. The highest BCUT2D eigenvalue weighted by Crippen LogP contribution is 2.30. The molecule has 0 aliphatic rings. The molecule has 0 aliphatic heterocycles. The van der Waals surface area contributed by atoms with Crippen molar-refractivity contribution in [3.05, 3.63) is 58.1 Å². The summed E-state index contributed by atoms with van der Waals surface area (Å²) in [6.07, 6.45) is -4.79. The Labute approximate surface area is 127 Å². The summed E-state index contributed by atoms with van der Waals surface area (Å²) in [6.45, 7) is 0. The second-order valence-corrected chi connectivity index (χ2v) is 4.30. The quantitative estimate of drug-likeness (QED) is 0.675. The molecule has 2 aromatic rings. The lowest BCUT2D eigenvalue weighted by atomic mass is 10.2. The van der Waals surface area contributed by atoms with Gasteiger partial charge in [0.25, 0.3) is 5.69 Å². The molecule has 0 spiro atoms. The molecule has 9 heteroatoms. The molecule has 0 saturated heterocycles. The Morgan fingerprint density at radius 3 is 2.35 bits per heavy atom. The number of hydrogen-bond acceptors (Lipinski definition) is 5. The number of anilines is 2. The maximum absolute atomic E-state index is 12.1. The van der Waals surface area contributed by atoms with Gasteiger partial charge < -0.3 is 10.1 Å². The van der Waals surface area contributed by atoms with Gasteiger partial charge >= 0.3 is 6.36 Å². The van der Waals surface area contributed by atoms with Crippen LogP contribution in [0.3, 0.4) is 0 Å². The third-order valence-electron chi connectivity index (χ3n) is 2.69. The van der Waals surface area contributed by atoms with Crippen LogP contribution in [-0.4, -0.2) is 11.3 Å². The zero-order valence-electron chi connectivity index (χ0n) is 11.3. The van der Waals surface area contributed by atoms with E-state index in [-0.39, 0.29) is 16.9 Å². The van der Waals surface area contributed by atoms with Crippen molar-refractivity contribution in [2.24, 2.45) is 0 Å². The van der Waals surface area contributed by atoms with E-state index in [0.29, 0.717) is 5.69 Å². The van der Waals surface area contributed by atoms with Crippen LogP contribution in [-0.2, 0) is 0 Å². The molecule has 0 atom stereocenters. The molecule has 0 amide bonds. The van der Waals surface area contributed by atoms with Crippen molar-refractivity contribution in [2.75, 3.05) is 5.32 Å². The zero-order chi connectivity index (χ0) is 17.0. The zero-order valence-corrected chi connectivity index (χ0v) is 11.3. The Kier molecular flexibility index (Phi) is 4.36. The number of ether oxygens (including phenoxy) is 1. The standard InChI is InChI=1S/C14H8F3N3O3/c15-14(16,17)23-11-4-2-10(3-5-11)19-12-6-1-9(8-18)7-13(12)20(21)22/h1-7,19H. The van der Waals surface area contributed by atoms with Crippen LogP contribution in [0.1, 0.15) is 5.56 Å². The highest BCUT2D eigenvalue weighted by Gasteiger charge is 2.30. The van der Waals surface area contributed by atoms with Gasteiger partial charge in [-0.1, -0.05) is 0 Å². The molecule has 6 nitrogen and oxygen atoms in total. The van der Waals surface area contributed by atoms with E-state index in [4.69, 9.17) is 5.26 Å². The molecule has 0 aliphatic carbocycles. The SMILES string of the molecule is N#Cc1ccc(Nc2ccc(OC(F)(F)F)cc2)c([N+](=O)[O-])c1. The highest BCUT2D eigenvalue weighted by atomic mass is 19.4. The summed E-state index contributed by atoms with van der Waals surface area (Å²) in [5, 5.41) is 22.5. The van der Waals surface area contributed by atoms with Gasteiger partial charge in [0, 0.05) is 11.8 Å². The van der Waals surface area contributed by atoms with Gasteiger partial charge in [0.2, 0.25) is 0 Å². The summed E-state index contributed by atoms with van der Waals surface area (Å²) in [5.41, 5.74) is 0.238. The predicted molar refractivity (Wildman–Crippen MR) is 74.2 cm³/mol. The van der Waals surface area contributed by atoms with Crippen LogP contribution in [0.4, 0.5) is 30.2 Å². The molecule has 0 fully saturated rings. The van der Waals surface area contributed by atoms with E-state index in [9.17, 15) is 23.3 Å². The molecule has 118 valence electrons. The number of nitro groups is 1. The summed E-state index contributed by atoms with van der Waals surface area (Å²) in [6, 6.07) is 10.3. The number of nitriles is 1. The number of hydrogen-bond donors (Lipinski definition) is 1. The first-order valence-electron chi connectivity index (χ1n) is 6.10. The van der Waals surface area contributed by atoms with Gasteiger partial charge in [-0.2, -0.15) is 5.26 Å². The van der Waals surface area contributed by atoms with Gasteiger partial charge in [-0.25, -0.2) is 0 Å². The number of nitrogens with zero attached hydrogens (tertiary/aromatic N) is 2. The van der Waals surface area contributed by atoms with Crippen molar-refractivity contribution < 1.29 is 22.8 Å². The number of benzene rings is 2. The Hall–Kier alpha value is -3.28. The topological polar surface area (TPSA) is 88.2 Å². The van der Waals surface area contributed by atoms with Gasteiger partial charge in [-0.3, -0.25) is 10.1 Å². The van der Waals surface area contributed by atoms with Crippen LogP contribution < -0.4 is 10.1 Å². The fraction of sp³-hybridized carbons (Fsp3) is 0.0714. The van der Waals surface area contributed by atoms with Crippen LogP contribution in [0, 0.1) is 21.4 Å². The van der Waals surface area contributed by atoms with Gasteiger partial charge in [-0.05, 0) is 36.4 Å². The normalized spacial score (nSPS) is 10.7. The average Bonchev–Trinajstić information content (AvgIpc) is 2.48. The maximum atomic E-state index is 12.1. The molecule has 0 radical (unpaired) electrons. The molecule has 0 bridgehead atoms.